The van der Waals surface area contributed by atoms with Gasteiger partial charge in [0.25, 0.3) is 0 Å². The third kappa shape index (κ3) is 1.44. The van der Waals surface area contributed by atoms with Gasteiger partial charge in [-0.1, -0.05) is 29.8 Å². The Kier molecular flexibility index (Phi) is 2.06. The van der Waals surface area contributed by atoms with Crippen molar-refractivity contribution in [2.45, 2.75) is 18.4 Å². The Bertz CT molecular complexity index is 514. The van der Waals surface area contributed by atoms with E-state index >= 15 is 0 Å². The average Bonchev–Trinajstić information content (AvgIpc) is 2.91. The Balaban J connectivity index is 2.15. The van der Waals surface area contributed by atoms with Gasteiger partial charge in [-0.3, -0.25) is 0 Å². The second-order valence-corrected chi connectivity index (χ2v) is 4.65. The highest BCUT2D eigenvalue weighted by Crippen LogP contribution is 2.45. The van der Waals surface area contributed by atoms with E-state index in [2.05, 4.69) is 5.10 Å². The highest BCUT2D eigenvalue weighted by molar-refractivity contribution is 6.31. The van der Waals surface area contributed by atoms with Crippen LogP contribution in [0, 0.1) is 0 Å². The first kappa shape index (κ1) is 9.87. The maximum atomic E-state index is 6.21. The van der Waals surface area contributed by atoms with Crippen LogP contribution in [0.1, 0.15) is 18.5 Å². The molecule has 1 heterocycles. The van der Waals surface area contributed by atoms with E-state index in [0.29, 0.717) is 5.02 Å². The Morgan fingerprint density at radius 1 is 1.25 bits per heavy atom. The SMILES string of the molecule is NC1(c2c(Cl)cnn2-c2ccccc2)CC1. The zero-order chi connectivity index (χ0) is 11.2. The smallest absolute Gasteiger partial charge is 0.0841 e. The summed E-state index contributed by atoms with van der Waals surface area (Å²) in [5.41, 5.74) is 7.86. The van der Waals surface area contributed by atoms with Crippen LogP contribution >= 0.6 is 11.6 Å². The number of hydrogen-bond donors (Lipinski definition) is 1. The summed E-state index contributed by atoms with van der Waals surface area (Å²) in [5, 5.41) is 4.95. The van der Waals surface area contributed by atoms with Crippen LogP contribution in [0.2, 0.25) is 5.02 Å². The molecule has 2 aromatic rings. The summed E-state index contributed by atoms with van der Waals surface area (Å²) in [7, 11) is 0. The van der Waals surface area contributed by atoms with Crippen molar-refractivity contribution >= 4 is 11.6 Å². The summed E-state index contributed by atoms with van der Waals surface area (Å²) in [6, 6.07) is 9.93. The van der Waals surface area contributed by atoms with Crippen LogP contribution in [-0.2, 0) is 5.54 Å². The average molecular weight is 234 g/mol. The molecule has 82 valence electrons. The predicted molar refractivity (Wildman–Crippen MR) is 63.7 cm³/mol. The van der Waals surface area contributed by atoms with E-state index in [9.17, 15) is 0 Å². The fraction of sp³-hybridized carbons (Fsp3) is 0.250. The largest absolute Gasteiger partial charge is 0.320 e. The van der Waals surface area contributed by atoms with Gasteiger partial charge in [0.05, 0.1) is 28.1 Å². The summed E-state index contributed by atoms with van der Waals surface area (Å²) in [6.45, 7) is 0. The molecule has 4 heteroatoms. The van der Waals surface area contributed by atoms with Crippen LogP contribution in [0.15, 0.2) is 36.5 Å². The normalized spacial score (nSPS) is 17.4. The molecule has 1 aromatic heterocycles. The highest BCUT2D eigenvalue weighted by atomic mass is 35.5. The Morgan fingerprint density at radius 3 is 2.56 bits per heavy atom. The zero-order valence-corrected chi connectivity index (χ0v) is 9.48. The van der Waals surface area contributed by atoms with E-state index < -0.39 is 0 Å². The number of aromatic nitrogens is 2. The van der Waals surface area contributed by atoms with Gasteiger partial charge >= 0.3 is 0 Å². The quantitative estimate of drug-likeness (QED) is 0.866. The minimum atomic E-state index is -0.274. The molecule has 1 saturated carbocycles. The summed E-state index contributed by atoms with van der Waals surface area (Å²) in [6.07, 6.45) is 3.62. The second-order valence-electron chi connectivity index (χ2n) is 4.24. The molecule has 16 heavy (non-hydrogen) atoms. The van der Waals surface area contributed by atoms with Gasteiger partial charge in [0.15, 0.2) is 0 Å². The molecule has 2 N–H and O–H groups in total. The second kappa shape index (κ2) is 3.34. The maximum absolute atomic E-state index is 6.21. The molecule has 0 radical (unpaired) electrons. The summed E-state index contributed by atoms with van der Waals surface area (Å²) in [5.74, 6) is 0. The first-order valence-corrected chi connectivity index (χ1v) is 5.67. The van der Waals surface area contributed by atoms with Crippen molar-refractivity contribution < 1.29 is 0 Å². The molecule has 0 atom stereocenters. The van der Waals surface area contributed by atoms with Crippen LogP contribution in [0.5, 0.6) is 0 Å². The molecule has 0 unspecified atom stereocenters. The molecule has 1 aliphatic rings. The van der Waals surface area contributed by atoms with Gasteiger partial charge in [-0.25, -0.2) is 4.68 Å². The molecule has 0 amide bonds. The topological polar surface area (TPSA) is 43.8 Å². The number of halogens is 1. The maximum Gasteiger partial charge on any atom is 0.0841 e. The number of rotatable bonds is 2. The third-order valence-electron chi connectivity index (χ3n) is 2.99. The Hall–Kier alpha value is -1.32. The van der Waals surface area contributed by atoms with Crippen LogP contribution in [0.25, 0.3) is 5.69 Å². The van der Waals surface area contributed by atoms with Gasteiger partial charge < -0.3 is 5.73 Å². The first-order valence-electron chi connectivity index (χ1n) is 5.29. The molecular formula is C12H12ClN3. The fourth-order valence-corrected chi connectivity index (χ4v) is 2.23. The monoisotopic (exact) mass is 233 g/mol. The van der Waals surface area contributed by atoms with Gasteiger partial charge in [-0.15, -0.1) is 0 Å². The van der Waals surface area contributed by atoms with Gasteiger partial charge in [0.2, 0.25) is 0 Å². The molecule has 3 rings (SSSR count). The van der Waals surface area contributed by atoms with Crippen molar-refractivity contribution in [1.29, 1.82) is 0 Å². The summed E-state index contributed by atoms with van der Waals surface area (Å²) < 4.78 is 1.84. The van der Waals surface area contributed by atoms with E-state index in [-0.39, 0.29) is 5.54 Å². The molecule has 1 aromatic carbocycles. The lowest BCUT2D eigenvalue weighted by atomic mass is 10.2. The van der Waals surface area contributed by atoms with E-state index in [1.165, 1.54) is 0 Å². The Labute approximate surface area is 98.8 Å². The molecule has 1 fully saturated rings. The van der Waals surface area contributed by atoms with Crippen molar-refractivity contribution in [3.63, 3.8) is 0 Å². The van der Waals surface area contributed by atoms with Gasteiger partial charge in [0.1, 0.15) is 0 Å². The number of nitrogens with two attached hydrogens (primary N) is 1. The Morgan fingerprint density at radius 2 is 1.94 bits per heavy atom. The molecular weight excluding hydrogens is 222 g/mol. The molecule has 0 saturated heterocycles. The molecule has 0 spiro atoms. The van der Waals surface area contributed by atoms with Gasteiger partial charge in [-0.05, 0) is 25.0 Å². The summed E-state index contributed by atoms with van der Waals surface area (Å²) in [4.78, 5) is 0. The number of nitrogens with zero attached hydrogens (tertiary/aromatic N) is 2. The van der Waals surface area contributed by atoms with E-state index in [0.717, 1.165) is 24.2 Å². The van der Waals surface area contributed by atoms with Gasteiger partial charge in [0, 0.05) is 0 Å². The number of benzene rings is 1. The molecule has 0 bridgehead atoms. The van der Waals surface area contributed by atoms with Crippen LogP contribution in [-0.4, -0.2) is 9.78 Å². The van der Waals surface area contributed by atoms with Crippen molar-refractivity contribution in [3.8, 4) is 5.69 Å². The highest BCUT2D eigenvalue weighted by Gasteiger charge is 2.44. The van der Waals surface area contributed by atoms with Crippen molar-refractivity contribution in [2.24, 2.45) is 5.73 Å². The molecule has 1 aliphatic carbocycles. The number of hydrogen-bond acceptors (Lipinski definition) is 2. The van der Waals surface area contributed by atoms with Crippen molar-refractivity contribution in [1.82, 2.24) is 9.78 Å². The van der Waals surface area contributed by atoms with Crippen LogP contribution < -0.4 is 5.73 Å². The van der Waals surface area contributed by atoms with E-state index in [1.807, 2.05) is 35.0 Å². The first-order chi connectivity index (χ1) is 7.71. The standard InChI is InChI=1S/C12H12ClN3/c13-10-8-15-16(9-4-2-1-3-5-9)11(10)12(14)6-7-12/h1-5,8H,6-7,14H2. The third-order valence-corrected chi connectivity index (χ3v) is 3.26. The minimum Gasteiger partial charge on any atom is -0.320 e. The minimum absolute atomic E-state index is 0.274. The zero-order valence-electron chi connectivity index (χ0n) is 8.73. The molecule has 0 aliphatic heterocycles. The lowest BCUT2D eigenvalue weighted by Gasteiger charge is -2.13. The molecule has 3 nitrogen and oxygen atoms in total. The summed E-state index contributed by atoms with van der Waals surface area (Å²) >= 11 is 6.16. The van der Waals surface area contributed by atoms with Crippen LogP contribution in [0.3, 0.4) is 0 Å². The number of para-hydroxylation sites is 1. The lowest BCUT2D eigenvalue weighted by Crippen LogP contribution is -2.23. The predicted octanol–water partition coefficient (Wildman–Crippen LogP) is 2.47. The van der Waals surface area contributed by atoms with Gasteiger partial charge in [-0.2, -0.15) is 5.10 Å². The van der Waals surface area contributed by atoms with Crippen LogP contribution in [0.4, 0.5) is 0 Å². The van der Waals surface area contributed by atoms with E-state index in [4.69, 9.17) is 17.3 Å². The van der Waals surface area contributed by atoms with Crippen molar-refractivity contribution in [2.75, 3.05) is 0 Å². The van der Waals surface area contributed by atoms with Crippen molar-refractivity contribution in [3.05, 3.63) is 47.2 Å². The van der Waals surface area contributed by atoms with E-state index in [1.54, 1.807) is 6.20 Å². The lowest BCUT2D eigenvalue weighted by molar-refractivity contribution is 0.657. The fourth-order valence-electron chi connectivity index (χ4n) is 1.91.